The Morgan fingerprint density at radius 1 is 1.08 bits per heavy atom. The van der Waals surface area contributed by atoms with Crippen LogP contribution in [0.3, 0.4) is 0 Å². The maximum Gasteiger partial charge on any atom is 0.334 e. The Balaban J connectivity index is 1.81. The second kappa shape index (κ2) is 7.14. The number of carbonyl (C=O) groups excluding carboxylic acids is 1. The first kappa shape index (κ1) is 16.0. The van der Waals surface area contributed by atoms with Crippen molar-refractivity contribution in [1.29, 1.82) is 0 Å². The third-order valence-electron chi connectivity index (χ3n) is 3.72. The molecule has 0 aromatic heterocycles. The quantitative estimate of drug-likeness (QED) is 0.933. The summed E-state index contributed by atoms with van der Waals surface area (Å²) in [5.74, 6) is -0.271. The number of rotatable bonds is 4. The number of carbonyl (C=O) groups is 2. The summed E-state index contributed by atoms with van der Waals surface area (Å²) in [5.41, 5.74) is 0.396. The van der Waals surface area contributed by atoms with E-state index in [0.717, 1.165) is 0 Å². The molecule has 0 radical (unpaired) electrons. The van der Waals surface area contributed by atoms with Gasteiger partial charge < -0.3 is 19.5 Å². The Hall–Kier alpha value is -2.86. The number of morpholine rings is 1. The minimum atomic E-state index is -1.07. The third-order valence-corrected chi connectivity index (χ3v) is 3.72. The van der Waals surface area contributed by atoms with E-state index < -0.39 is 12.1 Å². The SMILES string of the molecule is O=C(O)[C@H]1CN(C(=O)c2ccccc2Oc2ccccc2)CCO1. The maximum atomic E-state index is 12.8. The average Bonchev–Trinajstić information content (AvgIpc) is 2.62. The summed E-state index contributed by atoms with van der Waals surface area (Å²) >= 11 is 0. The maximum absolute atomic E-state index is 12.8. The normalized spacial score (nSPS) is 17.3. The topological polar surface area (TPSA) is 76.1 Å². The largest absolute Gasteiger partial charge is 0.479 e. The number of benzene rings is 2. The van der Waals surface area contributed by atoms with Crippen LogP contribution in [0.4, 0.5) is 0 Å². The fraction of sp³-hybridized carbons (Fsp3) is 0.222. The minimum absolute atomic E-state index is 0.0217. The van der Waals surface area contributed by atoms with Crippen LogP contribution in [-0.2, 0) is 9.53 Å². The molecule has 0 bridgehead atoms. The summed E-state index contributed by atoms with van der Waals surface area (Å²) in [6, 6.07) is 16.1. The minimum Gasteiger partial charge on any atom is -0.479 e. The van der Waals surface area contributed by atoms with Crippen molar-refractivity contribution in [2.75, 3.05) is 19.7 Å². The van der Waals surface area contributed by atoms with E-state index in [0.29, 0.717) is 23.6 Å². The predicted molar refractivity (Wildman–Crippen MR) is 86.2 cm³/mol. The van der Waals surface area contributed by atoms with Crippen molar-refractivity contribution >= 4 is 11.9 Å². The van der Waals surface area contributed by atoms with E-state index in [-0.39, 0.29) is 19.1 Å². The van der Waals surface area contributed by atoms with Gasteiger partial charge >= 0.3 is 5.97 Å². The van der Waals surface area contributed by atoms with Crippen LogP contribution in [-0.4, -0.2) is 47.7 Å². The van der Waals surface area contributed by atoms with Gasteiger partial charge in [0.15, 0.2) is 6.10 Å². The molecule has 1 atom stereocenters. The van der Waals surface area contributed by atoms with Crippen molar-refractivity contribution in [2.45, 2.75) is 6.10 Å². The zero-order chi connectivity index (χ0) is 16.9. The van der Waals surface area contributed by atoms with Gasteiger partial charge in [0.25, 0.3) is 5.91 Å². The first-order valence-electron chi connectivity index (χ1n) is 7.61. The van der Waals surface area contributed by atoms with E-state index in [1.807, 2.05) is 18.2 Å². The van der Waals surface area contributed by atoms with Crippen molar-refractivity contribution in [3.63, 3.8) is 0 Å². The van der Waals surface area contributed by atoms with E-state index in [9.17, 15) is 9.59 Å². The van der Waals surface area contributed by atoms with Crippen LogP contribution in [0.1, 0.15) is 10.4 Å². The molecular weight excluding hydrogens is 310 g/mol. The van der Waals surface area contributed by atoms with Crippen LogP contribution in [0.2, 0.25) is 0 Å². The zero-order valence-electron chi connectivity index (χ0n) is 12.9. The lowest BCUT2D eigenvalue weighted by Crippen LogP contribution is -2.48. The highest BCUT2D eigenvalue weighted by Crippen LogP contribution is 2.26. The number of para-hydroxylation sites is 2. The molecule has 2 aromatic carbocycles. The average molecular weight is 327 g/mol. The molecule has 1 aliphatic heterocycles. The summed E-state index contributed by atoms with van der Waals surface area (Å²) in [4.78, 5) is 25.3. The molecule has 0 aliphatic carbocycles. The van der Waals surface area contributed by atoms with Crippen molar-refractivity contribution in [2.24, 2.45) is 0 Å². The van der Waals surface area contributed by atoms with Crippen molar-refractivity contribution in [1.82, 2.24) is 4.90 Å². The summed E-state index contributed by atoms with van der Waals surface area (Å²) in [7, 11) is 0. The number of carboxylic acid groups (broad SMARTS) is 1. The fourth-order valence-corrected chi connectivity index (χ4v) is 2.50. The molecule has 1 aliphatic rings. The summed E-state index contributed by atoms with van der Waals surface area (Å²) in [6.45, 7) is 0.570. The Labute approximate surface area is 139 Å². The highest BCUT2D eigenvalue weighted by Gasteiger charge is 2.30. The lowest BCUT2D eigenvalue weighted by Gasteiger charge is -2.31. The molecular formula is C18H17NO5. The molecule has 2 aromatic rings. The van der Waals surface area contributed by atoms with Crippen molar-refractivity contribution in [3.8, 4) is 11.5 Å². The van der Waals surface area contributed by atoms with E-state index in [2.05, 4.69) is 0 Å². The van der Waals surface area contributed by atoms with Crippen LogP contribution < -0.4 is 4.74 Å². The molecule has 1 fully saturated rings. The summed E-state index contributed by atoms with van der Waals surface area (Å²) in [6.07, 6.45) is -0.995. The molecule has 0 saturated carbocycles. The molecule has 1 N–H and O–H groups in total. The second-order valence-corrected chi connectivity index (χ2v) is 5.36. The van der Waals surface area contributed by atoms with Gasteiger partial charge in [-0.25, -0.2) is 4.79 Å². The molecule has 1 amide bonds. The molecule has 1 saturated heterocycles. The van der Waals surface area contributed by atoms with Gasteiger partial charge in [0.1, 0.15) is 11.5 Å². The van der Waals surface area contributed by atoms with E-state index >= 15 is 0 Å². The predicted octanol–water partition coefficient (Wildman–Crippen LogP) is 2.40. The molecule has 0 unspecified atom stereocenters. The first-order valence-corrected chi connectivity index (χ1v) is 7.61. The molecule has 6 heteroatoms. The van der Waals surface area contributed by atoms with Gasteiger partial charge in [-0.15, -0.1) is 0 Å². The van der Waals surface area contributed by atoms with Crippen LogP contribution in [0.25, 0.3) is 0 Å². The lowest BCUT2D eigenvalue weighted by molar-refractivity contribution is -0.154. The van der Waals surface area contributed by atoms with Crippen LogP contribution in [0.5, 0.6) is 11.5 Å². The first-order chi connectivity index (χ1) is 11.6. The number of nitrogens with zero attached hydrogens (tertiary/aromatic N) is 1. The van der Waals surface area contributed by atoms with Crippen LogP contribution in [0.15, 0.2) is 54.6 Å². The second-order valence-electron chi connectivity index (χ2n) is 5.36. The number of amides is 1. The molecule has 0 spiro atoms. The number of ether oxygens (including phenoxy) is 2. The Bertz CT molecular complexity index is 731. The van der Waals surface area contributed by atoms with Gasteiger partial charge in [-0.2, -0.15) is 0 Å². The molecule has 6 nitrogen and oxygen atoms in total. The molecule has 3 rings (SSSR count). The van der Waals surface area contributed by atoms with E-state index in [1.54, 1.807) is 36.4 Å². The Morgan fingerprint density at radius 2 is 1.79 bits per heavy atom. The Kier molecular flexibility index (Phi) is 4.77. The zero-order valence-corrected chi connectivity index (χ0v) is 12.9. The van der Waals surface area contributed by atoms with E-state index in [4.69, 9.17) is 14.6 Å². The van der Waals surface area contributed by atoms with Crippen molar-refractivity contribution in [3.05, 3.63) is 60.2 Å². The smallest absolute Gasteiger partial charge is 0.334 e. The van der Waals surface area contributed by atoms with Crippen LogP contribution >= 0.6 is 0 Å². The van der Waals surface area contributed by atoms with Gasteiger partial charge in [-0.05, 0) is 24.3 Å². The number of aliphatic carboxylic acids is 1. The van der Waals surface area contributed by atoms with Crippen LogP contribution in [0, 0.1) is 0 Å². The van der Waals surface area contributed by atoms with Gasteiger partial charge in [-0.1, -0.05) is 30.3 Å². The molecule has 1 heterocycles. The monoisotopic (exact) mass is 327 g/mol. The number of carboxylic acids is 1. The highest BCUT2D eigenvalue weighted by atomic mass is 16.5. The standard InChI is InChI=1S/C18H17NO5/c20-17(19-10-11-23-16(12-19)18(21)22)14-8-4-5-9-15(14)24-13-6-2-1-3-7-13/h1-9,16H,10-12H2,(H,21,22)/t16-/m1/s1. The number of hydrogen-bond acceptors (Lipinski definition) is 4. The van der Waals surface area contributed by atoms with Gasteiger partial charge in [-0.3, -0.25) is 4.79 Å². The Morgan fingerprint density at radius 3 is 2.54 bits per heavy atom. The summed E-state index contributed by atoms with van der Waals surface area (Å²) in [5, 5.41) is 9.07. The highest BCUT2D eigenvalue weighted by molar-refractivity contribution is 5.97. The van der Waals surface area contributed by atoms with E-state index in [1.165, 1.54) is 4.90 Å². The third kappa shape index (κ3) is 3.55. The van der Waals surface area contributed by atoms with Gasteiger partial charge in [0.2, 0.25) is 0 Å². The fourth-order valence-electron chi connectivity index (χ4n) is 2.50. The van der Waals surface area contributed by atoms with Gasteiger partial charge in [0.05, 0.1) is 18.7 Å². The van der Waals surface area contributed by atoms with Gasteiger partial charge in [0, 0.05) is 6.54 Å². The number of hydrogen-bond donors (Lipinski definition) is 1. The van der Waals surface area contributed by atoms with Crippen molar-refractivity contribution < 1.29 is 24.2 Å². The lowest BCUT2D eigenvalue weighted by atomic mass is 10.1. The molecule has 124 valence electrons. The summed E-state index contributed by atoms with van der Waals surface area (Å²) < 4.78 is 11.0. The molecule has 24 heavy (non-hydrogen) atoms.